The van der Waals surface area contributed by atoms with Crippen LogP contribution in [0.2, 0.25) is 0 Å². The molecule has 0 bridgehead atoms. The van der Waals surface area contributed by atoms with E-state index in [9.17, 15) is 28.1 Å². The maximum atomic E-state index is 13.1. The molecule has 0 amide bonds. The number of hydrogen-bond acceptors (Lipinski definition) is 8. The van der Waals surface area contributed by atoms with Crippen molar-refractivity contribution in [3.8, 4) is 0 Å². The summed E-state index contributed by atoms with van der Waals surface area (Å²) >= 11 is 0.838. The van der Waals surface area contributed by atoms with Crippen LogP contribution in [0.1, 0.15) is 25.3 Å². The maximum absolute atomic E-state index is 13.1. The average Bonchev–Trinajstić information content (AvgIpc) is 3.00. The molecule has 2 fully saturated rings. The molecule has 8 nitrogen and oxygen atoms in total. The van der Waals surface area contributed by atoms with E-state index in [1.807, 2.05) is 6.92 Å². The molecule has 0 radical (unpaired) electrons. The van der Waals surface area contributed by atoms with E-state index in [4.69, 9.17) is 9.47 Å². The minimum absolute atomic E-state index is 0.0121. The Morgan fingerprint density at radius 1 is 1.34 bits per heavy atom. The fourth-order valence-electron chi connectivity index (χ4n) is 3.58. The van der Waals surface area contributed by atoms with Crippen LogP contribution >= 0.6 is 11.3 Å². The summed E-state index contributed by atoms with van der Waals surface area (Å²) in [4.78, 5) is 28.5. The van der Waals surface area contributed by atoms with Gasteiger partial charge in [0, 0.05) is 32.0 Å². The second-order valence-electron chi connectivity index (χ2n) is 7.07. The third kappa shape index (κ3) is 3.67. The van der Waals surface area contributed by atoms with E-state index in [-0.39, 0.29) is 15.9 Å². The number of halogens is 3. The molecule has 0 saturated carbocycles. The van der Waals surface area contributed by atoms with Gasteiger partial charge in [-0.2, -0.15) is 18.2 Å². The highest BCUT2D eigenvalue weighted by Crippen LogP contribution is 2.40. The zero-order valence-corrected chi connectivity index (χ0v) is 16.0. The van der Waals surface area contributed by atoms with Crippen molar-refractivity contribution in [2.24, 2.45) is 0 Å². The van der Waals surface area contributed by atoms with Crippen molar-refractivity contribution in [2.45, 2.75) is 37.8 Å². The van der Waals surface area contributed by atoms with E-state index in [1.165, 1.54) is 0 Å². The molecule has 0 N–H and O–H groups in total. The Morgan fingerprint density at radius 2 is 2.03 bits per heavy atom. The quantitative estimate of drug-likeness (QED) is 0.532. The normalized spacial score (nSPS) is 21.8. The number of alkyl halides is 3. The van der Waals surface area contributed by atoms with Gasteiger partial charge < -0.3 is 14.4 Å². The second-order valence-corrected chi connectivity index (χ2v) is 8.04. The summed E-state index contributed by atoms with van der Waals surface area (Å²) in [5.41, 5.74) is -2.93. The van der Waals surface area contributed by atoms with Gasteiger partial charge in [-0.15, -0.1) is 0 Å². The number of aromatic nitrogens is 1. The van der Waals surface area contributed by atoms with Crippen LogP contribution in [0, 0.1) is 10.1 Å². The molecule has 1 spiro atoms. The number of anilines is 1. The van der Waals surface area contributed by atoms with Crippen LogP contribution in [0.25, 0.3) is 10.1 Å². The molecular weight excluding hydrogens is 415 g/mol. The highest BCUT2D eigenvalue weighted by atomic mass is 32.1. The molecule has 3 heterocycles. The van der Waals surface area contributed by atoms with E-state index in [1.54, 1.807) is 4.90 Å². The number of nitro groups is 1. The van der Waals surface area contributed by atoms with E-state index in [0.717, 1.165) is 11.3 Å². The molecule has 1 aromatic heterocycles. The van der Waals surface area contributed by atoms with E-state index >= 15 is 0 Å². The topological polar surface area (TPSA) is 94.8 Å². The Bertz CT molecular complexity index is 1030. The van der Waals surface area contributed by atoms with Gasteiger partial charge >= 0.3 is 6.18 Å². The fraction of sp³-hybridized carbons (Fsp3) is 0.529. The van der Waals surface area contributed by atoms with Gasteiger partial charge in [0.05, 0.1) is 28.6 Å². The lowest BCUT2D eigenvalue weighted by Crippen LogP contribution is -2.45. The Labute approximate surface area is 166 Å². The second kappa shape index (κ2) is 6.89. The molecule has 2 aliphatic rings. The Hall–Kier alpha value is -2.31. The number of rotatable bonds is 2. The van der Waals surface area contributed by atoms with Crippen molar-refractivity contribution in [2.75, 3.05) is 24.6 Å². The first kappa shape index (κ1) is 20.0. The van der Waals surface area contributed by atoms with Crippen LogP contribution in [0.3, 0.4) is 0 Å². The molecule has 4 rings (SSSR count). The van der Waals surface area contributed by atoms with Gasteiger partial charge in [-0.25, -0.2) is 0 Å². The SMILES string of the molecule is C[C@H]1COC2(CCN(c3nc(=O)c4cc(C(F)(F)F)cc([N+](=O)[O-])c4s3)CC2)O1. The van der Waals surface area contributed by atoms with Crippen LogP contribution in [-0.4, -0.2) is 41.5 Å². The van der Waals surface area contributed by atoms with Gasteiger partial charge in [-0.05, 0) is 13.0 Å². The molecule has 29 heavy (non-hydrogen) atoms. The maximum Gasteiger partial charge on any atom is 0.416 e. The van der Waals surface area contributed by atoms with Crippen LogP contribution in [0.5, 0.6) is 0 Å². The number of nitro benzene ring substituents is 1. The molecule has 1 aromatic carbocycles. The molecule has 1 atom stereocenters. The third-order valence-electron chi connectivity index (χ3n) is 5.01. The van der Waals surface area contributed by atoms with Crippen LogP contribution in [-0.2, 0) is 15.7 Å². The Balaban J connectivity index is 1.71. The summed E-state index contributed by atoms with van der Waals surface area (Å²) in [7, 11) is 0. The number of piperidine rings is 1. The summed E-state index contributed by atoms with van der Waals surface area (Å²) in [6.45, 7) is 3.28. The van der Waals surface area contributed by atoms with Crippen LogP contribution < -0.4 is 10.5 Å². The van der Waals surface area contributed by atoms with Crippen LogP contribution in [0.4, 0.5) is 24.0 Å². The van der Waals surface area contributed by atoms with Crippen molar-refractivity contribution in [1.82, 2.24) is 4.98 Å². The fourth-order valence-corrected chi connectivity index (χ4v) is 4.70. The average molecular weight is 431 g/mol. The highest BCUT2D eigenvalue weighted by molar-refractivity contribution is 7.22. The molecule has 12 heteroatoms. The summed E-state index contributed by atoms with van der Waals surface area (Å²) in [5, 5.41) is 11.2. The zero-order valence-electron chi connectivity index (χ0n) is 15.2. The van der Waals surface area contributed by atoms with Crippen molar-refractivity contribution in [1.29, 1.82) is 0 Å². The van der Waals surface area contributed by atoms with E-state index in [2.05, 4.69) is 4.98 Å². The zero-order chi connectivity index (χ0) is 21.0. The highest BCUT2D eigenvalue weighted by Gasteiger charge is 2.43. The number of nitrogens with zero attached hydrogens (tertiary/aromatic N) is 3. The number of non-ortho nitro benzene ring substituents is 1. The first-order valence-electron chi connectivity index (χ1n) is 8.85. The lowest BCUT2D eigenvalue weighted by Gasteiger charge is -2.37. The molecule has 0 aliphatic carbocycles. The van der Waals surface area contributed by atoms with Gasteiger partial charge in [-0.1, -0.05) is 11.3 Å². The summed E-state index contributed by atoms with van der Waals surface area (Å²) in [6.07, 6.45) is -3.78. The molecular formula is C17H16F3N3O5S. The first-order chi connectivity index (χ1) is 13.6. The first-order valence-corrected chi connectivity index (χ1v) is 9.67. The number of fused-ring (bicyclic) bond motifs is 1. The van der Waals surface area contributed by atoms with Crippen molar-refractivity contribution < 1.29 is 27.6 Å². The summed E-state index contributed by atoms with van der Waals surface area (Å²) in [6, 6.07) is 1.07. The van der Waals surface area contributed by atoms with Gasteiger partial charge in [0.2, 0.25) is 0 Å². The number of ether oxygens (including phenoxy) is 2. The Kier molecular flexibility index (Phi) is 4.74. The summed E-state index contributed by atoms with van der Waals surface area (Å²) < 4.78 is 50.6. The van der Waals surface area contributed by atoms with Crippen molar-refractivity contribution in [3.63, 3.8) is 0 Å². The monoisotopic (exact) mass is 431 g/mol. The minimum Gasteiger partial charge on any atom is -0.348 e. The van der Waals surface area contributed by atoms with E-state index in [0.29, 0.717) is 44.7 Å². The van der Waals surface area contributed by atoms with Crippen molar-refractivity contribution >= 4 is 32.2 Å². The largest absolute Gasteiger partial charge is 0.416 e. The lowest BCUT2D eigenvalue weighted by molar-refractivity contribution is -0.383. The van der Waals surface area contributed by atoms with Gasteiger partial charge in [0.15, 0.2) is 10.9 Å². The molecule has 2 aromatic rings. The van der Waals surface area contributed by atoms with Gasteiger partial charge in [-0.3, -0.25) is 14.9 Å². The lowest BCUT2D eigenvalue weighted by atomic mass is 10.0. The smallest absolute Gasteiger partial charge is 0.348 e. The number of benzene rings is 1. The van der Waals surface area contributed by atoms with Gasteiger partial charge in [0.1, 0.15) is 4.70 Å². The van der Waals surface area contributed by atoms with Crippen LogP contribution in [0.15, 0.2) is 16.9 Å². The van der Waals surface area contributed by atoms with E-state index < -0.39 is 39.1 Å². The minimum atomic E-state index is -4.81. The van der Waals surface area contributed by atoms with Gasteiger partial charge in [0.25, 0.3) is 11.2 Å². The predicted octanol–water partition coefficient (Wildman–Crippen LogP) is 3.32. The Morgan fingerprint density at radius 3 is 2.59 bits per heavy atom. The predicted molar refractivity (Wildman–Crippen MR) is 98.2 cm³/mol. The molecule has 2 saturated heterocycles. The standard InChI is InChI=1S/C17H16F3N3O5S/c1-9-8-27-16(28-9)2-4-22(5-3-16)15-21-14(24)11-6-10(17(18,19)20)7-12(23(25)26)13(11)29-15/h6-7,9H,2-5,8H2,1H3/t9-/m0/s1. The molecule has 156 valence electrons. The third-order valence-corrected chi connectivity index (χ3v) is 6.17. The summed E-state index contributed by atoms with van der Waals surface area (Å²) in [5.74, 6) is -0.675. The molecule has 2 aliphatic heterocycles. The number of hydrogen-bond donors (Lipinski definition) is 0. The van der Waals surface area contributed by atoms with Crippen molar-refractivity contribution in [3.05, 3.63) is 38.2 Å². The molecule has 0 unspecified atom stereocenters.